The van der Waals surface area contributed by atoms with Gasteiger partial charge in [0.15, 0.2) is 0 Å². The molecule has 0 radical (unpaired) electrons. The molecular weight excluding hydrogens is 514 g/mol. The van der Waals surface area contributed by atoms with Gasteiger partial charge in [-0.25, -0.2) is 4.98 Å². The van der Waals surface area contributed by atoms with Gasteiger partial charge in [-0.2, -0.15) is 0 Å². The topological polar surface area (TPSA) is 120 Å². The fourth-order valence-corrected chi connectivity index (χ4v) is 5.35. The Morgan fingerprint density at radius 3 is 2.73 bits per heavy atom. The Morgan fingerprint density at radius 2 is 2.02 bits per heavy atom. The molecular formula is C29H39N5O6. The highest BCUT2D eigenvalue weighted by atomic mass is 16.6. The summed E-state index contributed by atoms with van der Waals surface area (Å²) in [6.45, 7) is 7.59. The summed E-state index contributed by atoms with van der Waals surface area (Å²) in [5.41, 5.74) is 4.17. The van der Waals surface area contributed by atoms with Crippen molar-refractivity contribution in [2.75, 3.05) is 40.0 Å². The Bertz CT molecular complexity index is 1380. The van der Waals surface area contributed by atoms with E-state index in [4.69, 9.17) is 19.2 Å². The van der Waals surface area contributed by atoms with Crippen molar-refractivity contribution >= 4 is 17.0 Å². The van der Waals surface area contributed by atoms with Crippen LogP contribution in [0, 0.1) is 6.92 Å². The second-order valence-corrected chi connectivity index (χ2v) is 10.9. The van der Waals surface area contributed by atoms with Crippen LogP contribution in [-0.4, -0.2) is 94.4 Å². The highest BCUT2D eigenvalue weighted by molar-refractivity contribution is 5.81. The zero-order valence-corrected chi connectivity index (χ0v) is 23.6. The number of aromatic nitrogens is 3. The predicted octanol–water partition coefficient (Wildman–Crippen LogP) is 1.21. The van der Waals surface area contributed by atoms with Crippen LogP contribution in [-0.2, 0) is 39.1 Å². The van der Waals surface area contributed by atoms with Gasteiger partial charge < -0.3 is 28.5 Å². The van der Waals surface area contributed by atoms with E-state index in [0.717, 1.165) is 41.1 Å². The number of hydrogen-bond acceptors (Lipinski definition) is 9. The Hall–Kier alpha value is -3.09. The lowest BCUT2D eigenvalue weighted by molar-refractivity contribution is -0.154. The van der Waals surface area contributed by atoms with Crippen molar-refractivity contribution in [3.8, 4) is 11.4 Å². The molecule has 216 valence electrons. The van der Waals surface area contributed by atoms with E-state index in [2.05, 4.69) is 21.8 Å². The molecule has 4 heterocycles. The maximum absolute atomic E-state index is 12.7. The minimum absolute atomic E-state index is 0.0353. The number of pyridine rings is 1. The summed E-state index contributed by atoms with van der Waals surface area (Å²) in [7, 11) is 3.86. The smallest absolute Gasteiger partial charge is 0.326 e. The fourth-order valence-electron chi connectivity index (χ4n) is 5.35. The van der Waals surface area contributed by atoms with Gasteiger partial charge in [0.05, 0.1) is 49.6 Å². The third kappa shape index (κ3) is 6.13. The van der Waals surface area contributed by atoms with Crippen molar-refractivity contribution in [1.82, 2.24) is 24.3 Å². The summed E-state index contributed by atoms with van der Waals surface area (Å²) in [4.78, 5) is 32.4. The lowest BCUT2D eigenvalue weighted by atomic mass is 10.1. The Labute approximate surface area is 233 Å². The van der Waals surface area contributed by atoms with E-state index >= 15 is 0 Å². The van der Waals surface area contributed by atoms with Gasteiger partial charge >= 0.3 is 5.97 Å². The summed E-state index contributed by atoms with van der Waals surface area (Å²) in [5.74, 6) is 0.295. The van der Waals surface area contributed by atoms with Crippen LogP contribution in [0.25, 0.3) is 22.4 Å². The van der Waals surface area contributed by atoms with Gasteiger partial charge in [-0.15, -0.1) is 0 Å². The first kappa shape index (κ1) is 28.4. The maximum atomic E-state index is 12.7. The number of carbonyl (C=O) groups excluding carboxylic acids is 1. The van der Waals surface area contributed by atoms with E-state index in [9.17, 15) is 14.7 Å². The molecule has 0 aliphatic carbocycles. The molecule has 2 aliphatic rings. The van der Waals surface area contributed by atoms with E-state index in [1.165, 1.54) is 0 Å². The number of esters is 1. The fraction of sp³-hybridized carbons (Fsp3) is 0.552. The number of morpholine rings is 1. The van der Waals surface area contributed by atoms with Gasteiger partial charge in [-0.3, -0.25) is 19.8 Å². The molecule has 0 amide bonds. The van der Waals surface area contributed by atoms with Crippen molar-refractivity contribution in [2.45, 2.75) is 57.6 Å². The average Bonchev–Trinajstić information content (AvgIpc) is 3.56. The van der Waals surface area contributed by atoms with Crippen molar-refractivity contribution in [2.24, 2.45) is 7.05 Å². The SMILES string of the molecule is Cc1cc(-c2nc3cc(CNC(C(=O)O[C@@H]4CCOC4)C(C)O)ccc3n2CC2COCCN2C)cn(C)c1=O. The maximum Gasteiger partial charge on any atom is 0.326 e. The van der Waals surface area contributed by atoms with Crippen molar-refractivity contribution < 1.29 is 24.1 Å². The van der Waals surface area contributed by atoms with Crippen LogP contribution >= 0.6 is 0 Å². The van der Waals surface area contributed by atoms with E-state index in [1.54, 1.807) is 18.5 Å². The molecule has 1 aromatic carbocycles. The summed E-state index contributed by atoms with van der Waals surface area (Å²) in [6, 6.07) is 7.24. The quantitative estimate of drug-likeness (QED) is 0.377. The molecule has 2 aromatic heterocycles. The number of nitrogens with one attached hydrogen (secondary N) is 1. The van der Waals surface area contributed by atoms with Crippen LogP contribution in [0.5, 0.6) is 0 Å². The Kier molecular flexibility index (Phi) is 8.67. The van der Waals surface area contributed by atoms with Crippen LogP contribution in [0.4, 0.5) is 0 Å². The molecule has 2 saturated heterocycles. The molecule has 40 heavy (non-hydrogen) atoms. The molecule has 2 fully saturated rings. The van der Waals surface area contributed by atoms with Crippen LogP contribution in [0.3, 0.4) is 0 Å². The molecule has 0 spiro atoms. The monoisotopic (exact) mass is 553 g/mol. The predicted molar refractivity (Wildman–Crippen MR) is 150 cm³/mol. The molecule has 3 aromatic rings. The minimum atomic E-state index is -0.924. The molecule has 0 bridgehead atoms. The Balaban J connectivity index is 1.43. The van der Waals surface area contributed by atoms with Crippen molar-refractivity contribution in [1.29, 1.82) is 0 Å². The molecule has 5 rings (SSSR count). The number of rotatable bonds is 9. The third-order valence-electron chi connectivity index (χ3n) is 7.78. The first-order valence-corrected chi connectivity index (χ1v) is 13.9. The number of carbonyl (C=O) groups is 1. The minimum Gasteiger partial charge on any atom is -0.459 e. The van der Waals surface area contributed by atoms with E-state index in [0.29, 0.717) is 44.9 Å². The van der Waals surface area contributed by atoms with Gasteiger partial charge in [0, 0.05) is 50.4 Å². The van der Waals surface area contributed by atoms with Crippen LogP contribution in [0.1, 0.15) is 24.5 Å². The summed E-state index contributed by atoms with van der Waals surface area (Å²) >= 11 is 0. The van der Waals surface area contributed by atoms with Gasteiger partial charge in [0.1, 0.15) is 18.0 Å². The third-order valence-corrected chi connectivity index (χ3v) is 7.78. The van der Waals surface area contributed by atoms with Crippen molar-refractivity contribution in [3.05, 3.63) is 51.9 Å². The van der Waals surface area contributed by atoms with Gasteiger partial charge in [-0.05, 0) is 44.7 Å². The lowest BCUT2D eigenvalue weighted by Gasteiger charge is -2.33. The van der Waals surface area contributed by atoms with E-state index in [-0.39, 0.29) is 17.7 Å². The second-order valence-electron chi connectivity index (χ2n) is 10.9. The van der Waals surface area contributed by atoms with E-state index < -0.39 is 18.1 Å². The largest absolute Gasteiger partial charge is 0.459 e. The zero-order valence-electron chi connectivity index (χ0n) is 23.6. The molecule has 3 unspecified atom stereocenters. The standard InChI is InChI=1S/C29H39N5O6/c1-18-11-21(14-33(4)28(18)36)27-31-24-12-20(5-6-25(24)34(27)15-22-16-39-10-8-32(22)3)13-30-26(19(2)35)29(37)40-23-7-9-38-17-23/h5-6,11-12,14,19,22-23,26,30,35H,7-10,13,15-17H2,1-4H3/t19?,22?,23-,26?/m1/s1. The normalized spacial score (nSPS) is 21.5. The van der Waals surface area contributed by atoms with E-state index in [1.807, 2.05) is 37.4 Å². The lowest BCUT2D eigenvalue weighted by Crippen LogP contribution is -2.46. The molecule has 11 nitrogen and oxygen atoms in total. The summed E-state index contributed by atoms with van der Waals surface area (Å²) < 4.78 is 20.4. The average molecular weight is 554 g/mol. The number of aryl methyl sites for hydroxylation is 2. The number of likely N-dealkylation sites (N-methyl/N-ethyl adjacent to an activating group) is 1. The number of ether oxygens (including phenoxy) is 3. The van der Waals surface area contributed by atoms with Crippen LogP contribution < -0.4 is 10.9 Å². The number of nitrogens with zero attached hydrogens (tertiary/aromatic N) is 4. The molecule has 2 N–H and O–H groups in total. The number of fused-ring (bicyclic) bond motifs is 1. The number of aliphatic hydroxyl groups excluding tert-OH is 1. The first-order valence-electron chi connectivity index (χ1n) is 13.9. The Morgan fingerprint density at radius 1 is 1.23 bits per heavy atom. The molecule has 4 atom stereocenters. The number of benzene rings is 1. The van der Waals surface area contributed by atoms with Crippen LogP contribution in [0.15, 0.2) is 35.3 Å². The van der Waals surface area contributed by atoms with Crippen LogP contribution in [0.2, 0.25) is 0 Å². The van der Waals surface area contributed by atoms with Crippen molar-refractivity contribution in [3.63, 3.8) is 0 Å². The number of hydrogen-bond donors (Lipinski definition) is 2. The second kappa shape index (κ2) is 12.2. The van der Waals surface area contributed by atoms with Gasteiger partial charge in [-0.1, -0.05) is 6.07 Å². The first-order chi connectivity index (χ1) is 19.2. The number of imidazole rings is 1. The summed E-state index contributed by atoms with van der Waals surface area (Å²) in [5, 5.41) is 13.4. The highest BCUT2D eigenvalue weighted by Gasteiger charge is 2.29. The molecule has 11 heteroatoms. The molecule has 2 aliphatic heterocycles. The summed E-state index contributed by atoms with van der Waals surface area (Å²) in [6.07, 6.45) is 1.29. The van der Waals surface area contributed by atoms with Gasteiger partial charge in [0.2, 0.25) is 0 Å². The number of aliphatic hydroxyl groups is 1. The molecule has 0 saturated carbocycles. The highest BCUT2D eigenvalue weighted by Crippen LogP contribution is 2.27. The zero-order chi connectivity index (χ0) is 28.4. The van der Waals surface area contributed by atoms with Gasteiger partial charge in [0.25, 0.3) is 5.56 Å².